The maximum Gasteiger partial charge on any atom is 0.256 e. The fourth-order valence-corrected chi connectivity index (χ4v) is 5.69. The Labute approximate surface area is 157 Å². The highest BCUT2D eigenvalue weighted by molar-refractivity contribution is 9.10. The number of amides is 1. The van der Waals surface area contributed by atoms with Crippen LogP contribution in [0, 0.1) is 5.92 Å². The molecule has 4 rings (SSSR count). The molecule has 0 saturated heterocycles. The molecule has 0 radical (unpaired) electrons. The van der Waals surface area contributed by atoms with Crippen LogP contribution in [0.15, 0.2) is 16.6 Å². The highest BCUT2D eigenvalue weighted by atomic mass is 79.9. The van der Waals surface area contributed by atoms with E-state index >= 15 is 0 Å². The molecular formula is C17H16BrClN2O2S. The summed E-state index contributed by atoms with van der Waals surface area (Å²) in [6.45, 7) is 2.25. The fourth-order valence-electron chi connectivity index (χ4n) is 3.42. The Balaban J connectivity index is 1.74. The minimum absolute atomic E-state index is 0.0175. The molecule has 7 heteroatoms. The maximum absolute atomic E-state index is 12.7. The van der Waals surface area contributed by atoms with Crippen molar-refractivity contribution in [3.05, 3.63) is 43.2 Å². The first-order valence-electron chi connectivity index (χ1n) is 7.84. The number of thiophene rings is 1. The van der Waals surface area contributed by atoms with Gasteiger partial charge in [0.05, 0.1) is 10.6 Å². The molecule has 0 bridgehead atoms. The van der Waals surface area contributed by atoms with Gasteiger partial charge in [-0.25, -0.2) is 0 Å². The summed E-state index contributed by atoms with van der Waals surface area (Å²) in [5.41, 5.74) is 2.51. The Hall–Kier alpha value is -1.24. The second-order valence-electron chi connectivity index (χ2n) is 6.43. The fraction of sp³-hybridized carbons (Fsp3) is 0.353. The van der Waals surface area contributed by atoms with Crippen molar-refractivity contribution < 1.29 is 9.90 Å². The van der Waals surface area contributed by atoms with E-state index in [1.54, 1.807) is 23.5 Å². The number of phenolic OH excluding ortho intramolecular Hbond substituents is 1. The van der Waals surface area contributed by atoms with E-state index in [1.165, 1.54) is 10.4 Å². The minimum Gasteiger partial charge on any atom is -0.506 e. The Morgan fingerprint density at radius 1 is 1.38 bits per heavy atom. The summed E-state index contributed by atoms with van der Waals surface area (Å²) in [7, 11) is 0. The van der Waals surface area contributed by atoms with Crippen LogP contribution in [0.4, 0.5) is 5.00 Å². The van der Waals surface area contributed by atoms with E-state index in [2.05, 4.69) is 33.5 Å². The molecular weight excluding hydrogens is 412 g/mol. The quantitative estimate of drug-likeness (QED) is 0.610. The molecule has 4 nitrogen and oxygen atoms in total. The summed E-state index contributed by atoms with van der Waals surface area (Å²) in [5.74, 6) is 0.553. The number of hydrogen-bond donors (Lipinski definition) is 3. The topological polar surface area (TPSA) is 61.4 Å². The predicted molar refractivity (Wildman–Crippen MR) is 100 cm³/mol. The summed E-state index contributed by atoms with van der Waals surface area (Å²) in [5, 5.41) is 17.7. The van der Waals surface area contributed by atoms with Crippen LogP contribution < -0.4 is 10.6 Å². The van der Waals surface area contributed by atoms with E-state index in [1.807, 2.05) is 0 Å². The lowest BCUT2D eigenvalue weighted by atomic mass is 9.88. The zero-order valence-electron chi connectivity index (χ0n) is 13.0. The zero-order chi connectivity index (χ0) is 17.0. The van der Waals surface area contributed by atoms with Crippen molar-refractivity contribution in [3.63, 3.8) is 0 Å². The summed E-state index contributed by atoms with van der Waals surface area (Å²) >= 11 is 11.1. The molecule has 1 aliphatic carbocycles. The number of hydrogen-bond acceptors (Lipinski definition) is 4. The number of carbonyl (C=O) groups is 1. The van der Waals surface area contributed by atoms with E-state index in [-0.39, 0.29) is 16.7 Å². The van der Waals surface area contributed by atoms with Crippen LogP contribution in [0.2, 0.25) is 5.02 Å². The van der Waals surface area contributed by atoms with Gasteiger partial charge in [0.1, 0.15) is 16.9 Å². The van der Waals surface area contributed by atoms with Crippen LogP contribution in [-0.2, 0) is 12.8 Å². The van der Waals surface area contributed by atoms with E-state index in [4.69, 9.17) is 11.6 Å². The number of rotatable bonds is 1. The molecule has 2 heterocycles. The van der Waals surface area contributed by atoms with Gasteiger partial charge >= 0.3 is 0 Å². The number of nitrogens with one attached hydrogen (secondary N) is 2. The monoisotopic (exact) mass is 426 g/mol. The lowest BCUT2D eigenvalue weighted by Gasteiger charge is -2.27. The molecule has 1 amide bonds. The molecule has 0 unspecified atom stereocenters. The van der Waals surface area contributed by atoms with Crippen molar-refractivity contribution in [3.8, 4) is 5.75 Å². The number of aromatic hydroxyl groups is 1. The number of anilines is 1. The second-order valence-corrected chi connectivity index (χ2v) is 8.86. The van der Waals surface area contributed by atoms with Crippen molar-refractivity contribution in [2.75, 3.05) is 5.32 Å². The molecule has 1 aromatic heterocycles. The first kappa shape index (κ1) is 16.2. The molecule has 1 aliphatic heterocycles. The maximum atomic E-state index is 12.7. The van der Waals surface area contributed by atoms with Crippen LogP contribution in [0.5, 0.6) is 5.75 Å². The van der Waals surface area contributed by atoms with Crippen LogP contribution in [0.3, 0.4) is 0 Å². The smallest absolute Gasteiger partial charge is 0.256 e. The molecule has 24 heavy (non-hydrogen) atoms. The average molecular weight is 428 g/mol. The standard InChI is InChI=1S/C17H16BrClN2O2S/c1-7-2-3-9-12(4-7)24-17-13(9)16(23)20-15(21-17)10-5-8(18)6-11(19)14(10)22/h5-7,15,21-22H,2-4H2,1H3,(H,20,23)/t7-,15+/m0/s1. The summed E-state index contributed by atoms with van der Waals surface area (Å²) in [4.78, 5) is 14.0. The number of halogens is 2. The summed E-state index contributed by atoms with van der Waals surface area (Å²) in [6, 6.07) is 3.39. The van der Waals surface area contributed by atoms with Crippen molar-refractivity contribution in [2.45, 2.75) is 32.4 Å². The minimum atomic E-state index is -0.502. The van der Waals surface area contributed by atoms with E-state index in [0.29, 0.717) is 11.5 Å². The molecule has 2 aliphatic rings. The third-order valence-electron chi connectivity index (χ3n) is 4.66. The Kier molecular flexibility index (Phi) is 4.01. The van der Waals surface area contributed by atoms with Gasteiger partial charge in [-0.05, 0) is 42.9 Å². The molecule has 2 atom stereocenters. The van der Waals surface area contributed by atoms with Crippen LogP contribution in [-0.4, -0.2) is 11.0 Å². The van der Waals surface area contributed by atoms with Crippen molar-refractivity contribution in [2.24, 2.45) is 5.92 Å². The SMILES string of the molecule is C[C@H]1CCc2c(sc3c2C(=O)N[C@@H](c2cc(Br)cc(Cl)c2O)N3)C1. The van der Waals surface area contributed by atoms with E-state index in [9.17, 15) is 9.90 Å². The van der Waals surface area contributed by atoms with Crippen molar-refractivity contribution >= 4 is 49.8 Å². The predicted octanol–water partition coefficient (Wildman–Crippen LogP) is 4.85. The normalized spacial score (nSPS) is 22.4. The van der Waals surface area contributed by atoms with Gasteiger partial charge in [-0.1, -0.05) is 34.5 Å². The first-order chi connectivity index (χ1) is 11.4. The molecule has 126 valence electrons. The van der Waals surface area contributed by atoms with Gasteiger partial charge in [0.2, 0.25) is 0 Å². The number of fused-ring (bicyclic) bond motifs is 3. The third kappa shape index (κ3) is 2.61. The summed E-state index contributed by atoms with van der Waals surface area (Å²) < 4.78 is 0.751. The Morgan fingerprint density at radius 3 is 2.96 bits per heavy atom. The number of phenols is 1. The lowest BCUT2D eigenvalue weighted by Crippen LogP contribution is -2.38. The van der Waals surface area contributed by atoms with Crippen LogP contribution >= 0.6 is 38.9 Å². The molecule has 0 spiro atoms. The largest absolute Gasteiger partial charge is 0.506 e. The molecule has 0 fully saturated rings. The molecule has 3 N–H and O–H groups in total. The van der Waals surface area contributed by atoms with Crippen LogP contribution in [0.1, 0.15) is 45.9 Å². The average Bonchev–Trinajstić information content (AvgIpc) is 2.88. The van der Waals surface area contributed by atoms with E-state index in [0.717, 1.165) is 34.3 Å². The lowest BCUT2D eigenvalue weighted by molar-refractivity contribution is 0.0935. The van der Waals surface area contributed by atoms with Gasteiger partial charge in [-0.3, -0.25) is 4.79 Å². The van der Waals surface area contributed by atoms with Gasteiger partial charge < -0.3 is 15.7 Å². The van der Waals surface area contributed by atoms with Gasteiger partial charge in [0, 0.05) is 14.9 Å². The van der Waals surface area contributed by atoms with Gasteiger partial charge in [-0.2, -0.15) is 0 Å². The Morgan fingerprint density at radius 2 is 2.17 bits per heavy atom. The highest BCUT2D eigenvalue weighted by Crippen LogP contribution is 2.44. The van der Waals surface area contributed by atoms with Crippen molar-refractivity contribution in [1.29, 1.82) is 0 Å². The molecule has 0 saturated carbocycles. The van der Waals surface area contributed by atoms with Crippen molar-refractivity contribution in [1.82, 2.24) is 5.32 Å². The van der Waals surface area contributed by atoms with E-state index < -0.39 is 6.17 Å². The highest BCUT2D eigenvalue weighted by Gasteiger charge is 2.34. The zero-order valence-corrected chi connectivity index (χ0v) is 16.1. The van der Waals surface area contributed by atoms with Crippen LogP contribution in [0.25, 0.3) is 0 Å². The Bertz CT molecular complexity index is 852. The molecule has 2 aromatic rings. The molecule has 1 aromatic carbocycles. The second kappa shape index (κ2) is 5.93. The number of benzene rings is 1. The van der Waals surface area contributed by atoms with Gasteiger partial charge in [-0.15, -0.1) is 11.3 Å². The summed E-state index contributed by atoms with van der Waals surface area (Å²) in [6.07, 6.45) is 2.60. The number of carbonyl (C=O) groups excluding carboxylic acids is 1. The third-order valence-corrected chi connectivity index (χ3v) is 6.59. The first-order valence-corrected chi connectivity index (χ1v) is 9.82. The van der Waals surface area contributed by atoms with Gasteiger partial charge in [0.25, 0.3) is 5.91 Å². The van der Waals surface area contributed by atoms with Gasteiger partial charge in [0.15, 0.2) is 0 Å².